The van der Waals surface area contributed by atoms with Gasteiger partial charge in [-0.3, -0.25) is 4.79 Å². The molecule has 0 saturated heterocycles. The van der Waals surface area contributed by atoms with E-state index in [1.54, 1.807) is 27.0 Å². The average Bonchev–Trinajstić information content (AvgIpc) is 2.25. The van der Waals surface area contributed by atoms with Gasteiger partial charge in [0.15, 0.2) is 5.60 Å². The maximum atomic E-state index is 11.9. The van der Waals surface area contributed by atoms with E-state index in [-0.39, 0.29) is 11.5 Å². The smallest absolute Gasteiger partial charge is 0.335 e. The molecule has 17 heavy (non-hydrogen) atoms. The molecule has 0 fully saturated rings. The molecule has 1 aliphatic heterocycles. The van der Waals surface area contributed by atoms with Gasteiger partial charge in [-0.25, -0.2) is 4.79 Å². The molecule has 1 aliphatic rings. The van der Waals surface area contributed by atoms with Gasteiger partial charge in [0, 0.05) is 7.05 Å². The van der Waals surface area contributed by atoms with Gasteiger partial charge in [-0.15, -0.1) is 0 Å². The third kappa shape index (κ3) is 1.73. The van der Waals surface area contributed by atoms with Crippen LogP contribution >= 0.6 is 0 Å². The highest BCUT2D eigenvalue weighted by Crippen LogP contribution is 2.37. The highest BCUT2D eigenvalue weighted by atomic mass is 16.5. The number of fused-ring (bicyclic) bond motifs is 1. The number of carbonyl (C=O) groups is 2. The molecular weight excluding hydrogens is 222 g/mol. The summed E-state index contributed by atoms with van der Waals surface area (Å²) in [6, 6.07) is 4.47. The molecule has 1 heterocycles. The molecule has 90 valence electrons. The van der Waals surface area contributed by atoms with Crippen LogP contribution in [0.1, 0.15) is 24.2 Å². The van der Waals surface area contributed by atoms with E-state index >= 15 is 0 Å². The number of amides is 1. The second kappa shape index (κ2) is 3.48. The first-order valence-electron chi connectivity index (χ1n) is 5.17. The summed E-state index contributed by atoms with van der Waals surface area (Å²) in [7, 11) is 1.61. The fourth-order valence-electron chi connectivity index (χ4n) is 1.83. The van der Waals surface area contributed by atoms with Crippen LogP contribution in [0.15, 0.2) is 18.2 Å². The van der Waals surface area contributed by atoms with Crippen LogP contribution in [0.5, 0.6) is 5.75 Å². The van der Waals surface area contributed by atoms with E-state index < -0.39 is 11.6 Å². The average molecular weight is 235 g/mol. The summed E-state index contributed by atoms with van der Waals surface area (Å²) in [6.45, 7) is 3.36. The predicted molar refractivity (Wildman–Crippen MR) is 61.5 cm³/mol. The van der Waals surface area contributed by atoms with Gasteiger partial charge in [-0.1, -0.05) is 0 Å². The largest absolute Gasteiger partial charge is 0.478 e. The second-order valence-corrected chi connectivity index (χ2v) is 4.46. The molecule has 2 rings (SSSR count). The van der Waals surface area contributed by atoms with Gasteiger partial charge in [-0.05, 0) is 32.0 Å². The molecule has 0 unspecified atom stereocenters. The zero-order valence-corrected chi connectivity index (χ0v) is 9.85. The first-order chi connectivity index (χ1) is 7.83. The van der Waals surface area contributed by atoms with Gasteiger partial charge in [0.05, 0.1) is 11.3 Å². The Labute approximate surface area is 98.6 Å². The number of aromatic carboxylic acids is 1. The molecule has 0 radical (unpaired) electrons. The molecule has 1 aromatic carbocycles. The molecule has 0 atom stereocenters. The van der Waals surface area contributed by atoms with Crippen LogP contribution < -0.4 is 9.64 Å². The topological polar surface area (TPSA) is 66.8 Å². The number of hydrogen-bond donors (Lipinski definition) is 1. The summed E-state index contributed by atoms with van der Waals surface area (Å²) in [5, 5.41) is 8.90. The predicted octanol–water partition coefficient (Wildman–Crippen LogP) is 1.52. The highest BCUT2D eigenvalue weighted by molar-refractivity contribution is 6.03. The molecule has 5 nitrogen and oxygen atoms in total. The van der Waals surface area contributed by atoms with E-state index in [9.17, 15) is 9.59 Å². The van der Waals surface area contributed by atoms with Crippen molar-refractivity contribution in [2.24, 2.45) is 0 Å². The van der Waals surface area contributed by atoms with E-state index in [0.717, 1.165) is 0 Å². The first-order valence-corrected chi connectivity index (χ1v) is 5.17. The summed E-state index contributed by atoms with van der Waals surface area (Å²) in [4.78, 5) is 24.2. The number of carboxylic acids is 1. The fourth-order valence-corrected chi connectivity index (χ4v) is 1.83. The zero-order valence-electron chi connectivity index (χ0n) is 9.85. The summed E-state index contributed by atoms with van der Waals surface area (Å²) < 4.78 is 5.55. The molecule has 0 aliphatic carbocycles. The van der Waals surface area contributed by atoms with E-state index in [1.807, 2.05) is 0 Å². The van der Waals surface area contributed by atoms with Crippen molar-refractivity contribution in [3.63, 3.8) is 0 Å². The number of ether oxygens (including phenoxy) is 1. The van der Waals surface area contributed by atoms with Crippen LogP contribution in [0.3, 0.4) is 0 Å². The molecule has 5 heteroatoms. The SMILES string of the molecule is CN1C(=O)C(C)(C)Oc2ccc(C(=O)O)cc21. The Morgan fingerprint density at radius 3 is 2.65 bits per heavy atom. The van der Waals surface area contributed by atoms with Gasteiger partial charge in [-0.2, -0.15) is 0 Å². The molecule has 0 aromatic heterocycles. The van der Waals surface area contributed by atoms with E-state index in [0.29, 0.717) is 11.4 Å². The maximum Gasteiger partial charge on any atom is 0.335 e. The fraction of sp³-hybridized carbons (Fsp3) is 0.333. The Hall–Kier alpha value is -2.04. The minimum atomic E-state index is -1.03. The number of carboxylic acid groups (broad SMARTS) is 1. The number of rotatable bonds is 1. The van der Waals surface area contributed by atoms with Crippen molar-refractivity contribution in [3.05, 3.63) is 23.8 Å². The van der Waals surface area contributed by atoms with Crippen LogP contribution in [0.2, 0.25) is 0 Å². The minimum Gasteiger partial charge on any atom is -0.478 e. The monoisotopic (exact) mass is 235 g/mol. The number of likely N-dealkylation sites (N-methyl/N-ethyl adjacent to an activating group) is 1. The molecular formula is C12H13NO4. The third-order valence-electron chi connectivity index (χ3n) is 2.75. The molecule has 1 N–H and O–H groups in total. The lowest BCUT2D eigenvalue weighted by molar-refractivity contribution is -0.132. The van der Waals surface area contributed by atoms with Crippen LogP contribution in [0, 0.1) is 0 Å². The molecule has 0 saturated carbocycles. The lowest BCUT2D eigenvalue weighted by Gasteiger charge is -2.36. The van der Waals surface area contributed by atoms with Gasteiger partial charge >= 0.3 is 5.97 Å². The van der Waals surface area contributed by atoms with Crippen LogP contribution in [0.4, 0.5) is 5.69 Å². The standard InChI is InChI=1S/C12H13NO4/c1-12(2)11(16)13(3)8-6-7(10(14)15)4-5-9(8)17-12/h4-6H,1-3H3,(H,14,15). The molecule has 1 aromatic rings. The zero-order chi connectivity index (χ0) is 12.8. The van der Waals surface area contributed by atoms with Gasteiger partial charge in [0.25, 0.3) is 5.91 Å². The second-order valence-electron chi connectivity index (χ2n) is 4.46. The van der Waals surface area contributed by atoms with E-state index in [1.165, 1.54) is 17.0 Å². The van der Waals surface area contributed by atoms with Crippen molar-refractivity contribution in [2.45, 2.75) is 19.4 Å². The molecule has 0 spiro atoms. The van der Waals surface area contributed by atoms with Crippen LogP contribution in [-0.4, -0.2) is 29.6 Å². The number of hydrogen-bond acceptors (Lipinski definition) is 3. The summed E-state index contributed by atoms with van der Waals surface area (Å²) in [6.07, 6.45) is 0. The molecule has 0 bridgehead atoms. The summed E-state index contributed by atoms with van der Waals surface area (Å²) in [5.41, 5.74) is -0.312. The van der Waals surface area contributed by atoms with E-state index in [4.69, 9.17) is 9.84 Å². The van der Waals surface area contributed by atoms with Crippen molar-refractivity contribution in [1.82, 2.24) is 0 Å². The Kier molecular flexibility index (Phi) is 2.34. The maximum absolute atomic E-state index is 11.9. The lowest BCUT2D eigenvalue weighted by atomic mass is 10.0. The van der Waals surface area contributed by atoms with Crippen molar-refractivity contribution in [3.8, 4) is 5.75 Å². The van der Waals surface area contributed by atoms with Crippen molar-refractivity contribution < 1.29 is 19.4 Å². The Bertz CT molecular complexity index is 507. The van der Waals surface area contributed by atoms with Crippen LogP contribution in [0.25, 0.3) is 0 Å². The Balaban J connectivity index is 2.54. The highest BCUT2D eigenvalue weighted by Gasteiger charge is 2.39. The summed E-state index contributed by atoms with van der Waals surface area (Å²) >= 11 is 0. The Morgan fingerprint density at radius 2 is 2.06 bits per heavy atom. The number of carbonyl (C=O) groups excluding carboxylic acids is 1. The summed E-state index contributed by atoms with van der Waals surface area (Å²) in [5.74, 6) is -0.715. The lowest BCUT2D eigenvalue weighted by Crippen LogP contribution is -2.50. The minimum absolute atomic E-state index is 0.131. The number of nitrogens with zero attached hydrogens (tertiary/aromatic N) is 1. The van der Waals surface area contributed by atoms with Crippen molar-refractivity contribution in [2.75, 3.05) is 11.9 Å². The number of anilines is 1. The van der Waals surface area contributed by atoms with E-state index in [2.05, 4.69) is 0 Å². The van der Waals surface area contributed by atoms with Gasteiger partial charge < -0.3 is 14.7 Å². The van der Waals surface area contributed by atoms with Crippen molar-refractivity contribution in [1.29, 1.82) is 0 Å². The molecule has 1 amide bonds. The third-order valence-corrected chi connectivity index (χ3v) is 2.75. The number of benzene rings is 1. The Morgan fingerprint density at radius 1 is 1.41 bits per heavy atom. The first kappa shape index (κ1) is 11.4. The van der Waals surface area contributed by atoms with Gasteiger partial charge in [0.2, 0.25) is 0 Å². The van der Waals surface area contributed by atoms with Crippen LogP contribution in [-0.2, 0) is 4.79 Å². The van der Waals surface area contributed by atoms with Crippen molar-refractivity contribution >= 4 is 17.6 Å². The normalized spacial score (nSPS) is 17.4. The quantitative estimate of drug-likeness (QED) is 0.801. The van der Waals surface area contributed by atoms with Gasteiger partial charge in [0.1, 0.15) is 5.75 Å².